The van der Waals surface area contributed by atoms with Gasteiger partial charge in [0.05, 0.1) is 0 Å². The van der Waals surface area contributed by atoms with Crippen LogP contribution in [0.1, 0.15) is 36.8 Å². The molecule has 23 heavy (non-hydrogen) atoms. The fourth-order valence-corrected chi connectivity index (χ4v) is 2.01. The summed E-state index contributed by atoms with van der Waals surface area (Å²) in [4.78, 5) is 12.0. The van der Waals surface area contributed by atoms with E-state index >= 15 is 0 Å². The molecule has 1 aromatic heterocycles. The van der Waals surface area contributed by atoms with Crippen LogP contribution in [0.25, 0.3) is 0 Å². The van der Waals surface area contributed by atoms with Gasteiger partial charge in [0.1, 0.15) is 11.6 Å². The molecule has 5 nitrogen and oxygen atoms in total. The number of anilines is 1. The molecule has 0 saturated carbocycles. The van der Waals surface area contributed by atoms with Crippen molar-refractivity contribution < 1.29 is 9.18 Å². The van der Waals surface area contributed by atoms with Crippen LogP contribution in [-0.2, 0) is 6.42 Å². The van der Waals surface area contributed by atoms with Crippen molar-refractivity contribution in [2.24, 2.45) is 0 Å². The van der Waals surface area contributed by atoms with Gasteiger partial charge in [-0.1, -0.05) is 18.2 Å². The van der Waals surface area contributed by atoms with Gasteiger partial charge in [-0.2, -0.15) is 0 Å². The van der Waals surface area contributed by atoms with Gasteiger partial charge in [-0.3, -0.25) is 4.79 Å². The van der Waals surface area contributed by atoms with Crippen LogP contribution in [0, 0.1) is 5.82 Å². The van der Waals surface area contributed by atoms with E-state index in [9.17, 15) is 9.18 Å². The minimum absolute atomic E-state index is 0.127. The van der Waals surface area contributed by atoms with Gasteiger partial charge in [-0.05, 0) is 51.0 Å². The third kappa shape index (κ3) is 5.32. The molecule has 0 saturated heterocycles. The molecule has 2 aromatic rings. The minimum atomic E-state index is -0.323. The highest BCUT2D eigenvalue weighted by molar-refractivity contribution is 5.92. The maximum absolute atomic E-state index is 13.5. The number of amides is 1. The molecule has 0 atom stereocenters. The number of nitrogens with zero attached hydrogens (tertiary/aromatic N) is 2. The third-order valence-corrected chi connectivity index (χ3v) is 3.04. The van der Waals surface area contributed by atoms with Gasteiger partial charge >= 0.3 is 0 Å². The van der Waals surface area contributed by atoms with Crippen molar-refractivity contribution in [3.05, 3.63) is 53.5 Å². The van der Waals surface area contributed by atoms with Gasteiger partial charge in [-0.25, -0.2) is 4.39 Å². The van der Waals surface area contributed by atoms with E-state index in [1.165, 1.54) is 6.07 Å². The lowest BCUT2D eigenvalue weighted by molar-refractivity contribution is 0.0948. The molecule has 1 amide bonds. The Morgan fingerprint density at radius 1 is 1.13 bits per heavy atom. The van der Waals surface area contributed by atoms with Crippen LogP contribution in [0.3, 0.4) is 0 Å². The van der Waals surface area contributed by atoms with Crippen molar-refractivity contribution in [3.8, 4) is 0 Å². The van der Waals surface area contributed by atoms with Crippen molar-refractivity contribution in [1.29, 1.82) is 0 Å². The zero-order valence-corrected chi connectivity index (χ0v) is 13.6. The van der Waals surface area contributed by atoms with E-state index in [0.717, 1.165) is 0 Å². The first-order valence-corrected chi connectivity index (χ1v) is 7.49. The number of aromatic nitrogens is 2. The summed E-state index contributed by atoms with van der Waals surface area (Å²) in [5, 5.41) is 13.8. The number of carbonyl (C=O) groups is 1. The Labute approximate surface area is 135 Å². The fraction of sp³-hybridized carbons (Fsp3) is 0.353. The van der Waals surface area contributed by atoms with E-state index in [-0.39, 0.29) is 23.0 Å². The zero-order valence-electron chi connectivity index (χ0n) is 13.6. The van der Waals surface area contributed by atoms with E-state index in [2.05, 4.69) is 20.8 Å². The molecule has 1 heterocycles. The Kier molecular flexibility index (Phi) is 5.26. The molecule has 0 radical (unpaired) electrons. The smallest absolute Gasteiger partial charge is 0.271 e. The summed E-state index contributed by atoms with van der Waals surface area (Å²) < 4.78 is 13.5. The quantitative estimate of drug-likeness (QED) is 0.890. The average molecular weight is 316 g/mol. The van der Waals surface area contributed by atoms with Gasteiger partial charge < -0.3 is 10.6 Å². The normalized spacial score (nSPS) is 11.1. The monoisotopic (exact) mass is 316 g/mol. The Balaban J connectivity index is 1.87. The summed E-state index contributed by atoms with van der Waals surface area (Å²) in [7, 11) is 0. The van der Waals surface area contributed by atoms with Crippen molar-refractivity contribution in [3.63, 3.8) is 0 Å². The number of benzene rings is 1. The molecule has 0 aliphatic heterocycles. The maximum Gasteiger partial charge on any atom is 0.271 e. The van der Waals surface area contributed by atoms with Gasteiger partial charge in [0.15, 0.2) is 5.69 Å². The second kappa shape index (κ2) is 7.17. The van der Waals surface area contributed by atoms with Crippen LogP contribution >= 0.6 is 0 Å². The highest BCUT2D eigenvalue weighted by atomic mass is 19.1. The van der Waals surface area contributed by atoms with Crippen molar-refractivity contribution in [2.45, 2.75) is 32.7 Å². The summed E-state index contributed by atoms with van der Waals surface area (Å²) in [5.74, 6) is 0.0238. The second-order valence-electron chi connectivity index (χ2n) is 6.28. The summed E-state index contributed by atoms with van der Waals surface area (Å²) in [6.45, 7) is 6.37. The molecular weight excluding hydrogens is 295 g/mol. The molecule has 0 unspecified atom stereocenters. The van der Waals surface area contributed by atoms with Crippen LogP contribution in [0.4, 0.5) is 10.2 Å². The molecule has 0 aliphatic rings. The molecule has 6 heteroatoms. The minimum Gasteiger partial charge on any atom is -0.364 e. The first-order chi connectivity index (χ1) is 10.8. The molecule has 0 bridgehead atoms. The van der Waals surface area contributed by atoms with Gasteiger partial charge in [0.25, 0.3) is 5.91 Å². The lowest BCUT2D eigenvalue weighted by Crippen LogP contribution is -2.28. The molecular formula is C17H21FN4O. The highest BCUT2D eigenvalue weighted by Gasteiger charge is 2.12. The zero-order chi connectivity index (χ0) is 16.9. The van der Waals surface area contributed by atoms with Crippen LogP contribution in [0.15, 0.2) is 36.4 Å². The maximum atomic E-state index is 13.5. The first-order valence-electron chi connectivity index (χ1n) is 7.49. The van der Waals surface area contributed by atoms with Crippen molar-refractivity contribution >= 4 is 11.7 Å². The second-order valence-corrected chi connectivity index (χ2v) is 6.28. The van der Waals surface area contributed by atoms with Crippen molar-refractivity contribution in [1.82, 2.24) is 15.5 Å². The first kappa shape index (κ1) is 16.9. The van der Waals surface area contributed by atoms with E-state index < -0.39 is 0 Å². The Morgan fingerprint density at radius 3 is 2.48 bits per heavy atom. The number of carbonyl (C=O) groups excluding carboxylic acids is 1. The lowest BCUT2D eigenvalue weighted by Gasteiger charge is -2.20. The molecule has 0 spiro atoms. The van der Waals surface area contributed by atoms with Gasteiger partial charge in [-0.15, -0.1) is 10.2 Å². The van der Waals surface area contributed by atoms with Gasteiger partial charge in [0, 0.05) is 12.1 Å². The number of halogens is 1. The number of rotatable bonds is 5. The largest absolute Gasteiger partial charge is 0.364 e. The van der Waals surface area contributed by atoms with Crippen LogP contribution in [-0.4, -0.2) is 28.2 Å². The number of hydrogen-bond acceptors (Lipinski definition) is 4. The Bertz CT molecular complexity index is 665. The molecule has 2 N–H and O–H groups in total. The average Bonchev–Trinajstić information content (AvgIpc) is 2.48. The highest BCUT2D eigenvalue weighted by Crippen LogP contribution is 2.11. The summed E-state index contributed by atoms with van der Waals surface area (Å²) >= 11 is 0. The van der Waals surface area contributed by atoms with Crippen LogP contribution < -0.4 is 10.6 Å². The summed E-state index contributed by atoms with van der Waals surface area (Å²) in [5.41, 5.74) is 0.680. The van der Waals surface area contributed by atoms with Crippen LogP contribution in [0.5, 0.6) is 0 Å². The van der Waals surface area contributed by atoms with E-state index in [4.69, 9.17) is 0 Å². The summed E-state index contributed by atoms with van der Waals surface area (Å²) in [6, 6.07) is 9.84. The van der Waals surface area contributed by atoms with Crippen molar-refractivity contribution in [2.75, 3.05) is 11.9 Å². The molecule has 2 rings (SSSR count). The molecule has 0 aliphatic carbocycles. The van der Waals surface area contributed by atoms with E-state index in [1.807, 2.05) is 20.8 Å². The van der Waals surface area contributed by atoms with E-state index in [1.54, 1.807) is 30.3 Å². The van der Waals surface area contributed by atoms with Gasteiger partial charge in [0.2, 0.25) is 0 Å². The predicted octanol–water partition coefficient (Wildman–Crippen LogP) is 2.80. The number of hydrogen-bond donors (Lipinski definition) is 2. The lowest BCUT2D eigenvalue weighted by atomic mass is 10.1. The molecule has 1 aromatic carbocycles. The summed E-state index contributed by atoms with van der Waals surface area (Å²) in [6.07, 6.45) is 0.426. The Hall–Kier alpha value is -2.50. The third-order valence-electron chi connectivity index (χ3n) is 3.04. The topological polar surface area (TPSA) is 66.9 Å². The molecule has 122 valence electrons. The SMILES string of the molecule is CC(C)(C)Nc1ccc(C(=O)NCCc2ccccc2F)nn1. The molecule has 0 fully saturated rings. The fourth-order valence-electron chi connectivity index (χ4n) is 2.01. The van der Waals surface area contributed by atoms with Crippen LogP contribution in [0.2, 0.25) is 0 Å². The number of nitrogens with one attached hydrogen (secondary N) is 2. The predicted molar refractivity (Wildman–Crippen MR) is 87.8 cm³/mol. The van der Waals surface area contributed by atoms with E-state index in [0.29, 0.717) is 24.3 Å². The Morgan fingerprint density at radius 2 is 1.87 bits per heavy atom. The standard InChI is InChI=1S/C17H21FN4O/c1-17(2,3)20-15-9-8-14(21-22-15)16(23)19-11-10-12-6-4-5-7-13(12)18/h4-9H,10-11H2,1-3H3,(H,19,23)(H,20,22).